The van der Waals surface area contributed by atoms with E-state index in [1.807, 2.05) is 19.9 Å². The maximum absolute atomic E-state index is 13.0. The fraction of sp³-hybridized carbons (Fsp3) is 0.263. The van der Waals surface area contributed by atoms with Crippen molar-refractivity contribution in [3.05, 3.63) is 66.1 Å². The Morgan fingerprint density at radius 3 is 2.65 bits per heavy atom. The standard InChI is InChI=1S/C19H19FN4O2/c1-12(2)17(22-16(25)10-13-5-7-15(20)8-6-13)19-23-18(24-26-19)14-4-3-9-21-11-14/h3-9,11-12,17H,10H2,1-2H3,(H,22,25). The Morgan fingerprint density at radius 1 is 1.23 bits per heavy atom. The summed E-state index contributed by atoms with van der Waals surface area (Å²) in [5.74, 6) is 0.284. The van der Waals surface area contributed by atoms with Crippen molar-refractivity contribution in [2.24, 2.45) is 5.92 Å². The van der Waals surface area contributed by atoms with Crippen molar-refractivity contribution < 1.29 is 13.7 Å². The smallest absolute Gasteiger partial charge is 0.249 e. The third kappa shape index (κ3) is 4.30. The van der Waals surface area contributed by atoms with Gasteiger partial charge in [0.05, 0.1) is 6.42 Å². The Morgan fingerprint density at radius 2 is 2.00 bits per heavy atom. The zero-order valence-corrected chi connectivity index (χ0v) is 14.5. The monoisotopic (exact) mass is 354 g/mol. The van der Waals surface area contributed by atoms with Gasteiger partial charge in [-0.25, -0.2) is 4.39 Å². The number of pyridine rings is 1. The normalized spacial score (nSPS) is 12.2. The minimum Gasteiger partial charge on any atom is -0.344 e. The second kappa shape index (κ2) is 7.86. The van der Waals surface area contributed by atoms with Crippen LogP contribution in [-0.4, -0.2) is 21.0 Å². The van der Waals surface area contributed by atoms with Gasteiger partial charge < -0.3 is 9.84 Å². The van der Waals surface area contributed by atoms with Gasteiger partial charge in [-0.3, -0.25) is 9.78 Å². The number of rotatable bonds is 6. The van der Waals surface area contributed by atoms with E-state index < -0.39 is 6.04 Å². The molecule has 3 aromatic rings. The highest BCUT2D eigenvalue weighted by atomic mass is 19.1. The van der Waals surface area contributed by atoms with Gasteiger partial charge in [0.1, 0.15) is 11.9 Å². The van der Waals surface area contributed by atoms with E-state index in [0.717, 1.165) is 11.1 Å². The summed E-state index contributed by atoms with van der Waals surface area (Å²) in [6.07, 6.45) is 3.45. The highest BCUT2D eigenvalue weighted by Gasteiger charge is 2.25. The number of nitrogens with one attached hydrogen (secondary N) is 1. The second-order valence-corrected chi connectivity index (χ2v) is 6.29. The van der Waals surface area contributed by atoms with Gasteiger partial charge in [0.25, 0.3) is 0 Å². The zero-order chi connectivity index (χ0) is 18.5. The fourth-order valence-electron chi connectivity index (χ4n) is 2.50. The van der Waals surface area contributed by atoms with Gasteiger partial charge in [0, 0.05) is 18.0 Å². The number of halogens is 1. The topological polar surface area (TPSA) is 80.9 Å². The number of benzene rings is 1. The average Bonchev–Trinajstić information content (AvgIpc) is 3.12. The van der Waals surface area contributed by atoms with E-state index in [2.05, 4.69) is 20.4 Å². The highest BCUT2D eigenvalue weighted by Crippen LogP contribution is 2.23. The van der Waals surface area contributed by atoms with Gasteiger partial charge in [-0.2, -0.15) is 4.98 Å². The summed E-state index contributed by atoms with van der Waals surface area (Å²) in [5.41, 5.74) is 1.47. The third-order valence-electron chi connectivity index (χ3n) is 3.89. The molecule has 6 nitrogen and oxygen atoms in total. The van der Waals surface area contributed by atoms with Crippen molar-refractivity contribution in [3.63, 3.8) is 0 Å². The quantitative estimate of drug-likeness (QED) is 0.734. The number of aromatic nitrogens is 3. The molecule has 3 rings (SSSR count). The Labute approximate surface area is 150 Å². The molecule has 0 aliphatic carbocycles. The Hall–Kier alpha value is -3.09. The van der Waals surface area contributed by atoms with E-state index >= 15 is 0 Å². The summed E-state index contributed by atoms with van der Waals surface area (Å²) in [7, 11) is 0. The molecule has 1 atom stereocenters. The fourth-order valence-corrected chi connectivity index (χ4v) is 2.50. The predicted octanol–water partition coefficient (Wildman–Crippen LogP) is 3.33. The first-order valence-corrected chi connectivity index (χ1v) is 8.30. The lowest BCUT2D eigenvalue weighted by molar-refractivity contribution is -0.121. The van der Waals surface area contributed by atoms with E-state index in [0.29, 0.717) is 11.7 Å². The molecule has 134 valence electrons. The van der Waals surface area contributed by atoms with Crippen LogP contribution in [0.2, 0.25) is 0 Å². The van der Waals surface area contributed by atoms with Crippen LogP contribution in [0.3, 0.4) is 0 Å². The maximum atomic E-state index is 13.0. The molecule has 0 aliphatic rings. The lowest BCUT2D eigenvalue weighted by atomic mass is 10.0. The van der Waals surface area contributed by atoms with Gasteiger partial charge in [-0.1, -0.05) is 31.1 Å². The van der Waals surface area contributed by atoms with Crippen LogP contribution in [0.15, 0.2) is 53.3 Å². The van der Waals surface area contributed by atoms with E-state index in [1.165, 1.54) is 12.1 Å². The van der Waals surface area contributed by atoms with Crippen molar-refractivity contribution in [2.45, 2.75) is 26.3 Å². The van der Waals surface area contributed by atoms with Crippen LogP contribution >= 0.6 is 0 Å². The summed E-state index contributed by atoms with van der Waals surface area (Å²) >= 11 is 0. The number of nitrogens with zero attached hydrogens (tertiary/aromatic N) is 3. The molecule has 1 amide bonds. The van der Waals surface area contributed by atoms with E-state index in [1.54, 1.807) is 30.6 Å². The SMILES string of the molecule is CC(C)C(NC(=O)Cc1ccc(F)cc1)c1nc(-c2cccnc2)no1. The van der Waals surface area contributed by atoms with E-state index in [4.69, 9.17) is 4.52 Å². The predicted molar refractivity (Wildman–Crippen MR) is 93.4 cm³/mol. The number of hydrogen-bond acceptors (Lipinski definition) is 5. The van der Waals surface area contributed by atoms with Crippen molar-refractivity contribution in [1.29, 1.82) is 0 Å². The van der Waals surface area contributed by atoms with Crippen molar-refractivity contribution >= 4 is 5.91 Å². The first-order valence-electron chi connectivity index (χ1n) is 8.30. The van der Waals surface area contributed by atoms with Crippen LogP contribution in [0, 0.1) is 11.7 Å². The summed E-state index contributed by atoms with van der Waals surface area (Å²) in [4.78, 5) is 20.8. The van der Waals surface area contributed by atoms with Gasteiger partial charge in [-0.05, 0) is 35.7 Å². The molecular formula is C19H19FN4O2. The molecule has 1 unspecified atom stereocenters. The lowest BCUT2D eigenvalue weighted by Crippen LogP contribution is -2.33. The molecule has 2 aromatic heterocycles. The number of carbonyl (C=O) groups is 1. The number of amides is 1. The summed E-state index contributed by atoms with van der Waals surface area (Å²) in [6, 6.07) is 9.05. The van der Waals surface area contributed by atoms with Crippen molar-refractivity contribution in [3.8, 4) is 11.4 Å². The van der Waals surface area contributed by atoms with E-state index in [-0.39, 0.29) is 24.1 Å². The van der Waals surface area contributed by atoms with Crippen molar-refractivity contribution in [1.82, 2.24) is 20.4 Å². The summed E-state index contributed by atoms with van der Waals surface area (Å²) < 4.78 is 18.3. The maximum Gasteiger partial charge on any atom is 0.249 e. The largest absolute Gasteiger partial charge is 0.344 e. The molecule has 0 spiro atoms. The van der Waals surface area contributed by atoms with Gasteiger partial charge in [-0.15, -0.1) is 0 Å². The van der Waals surface area contributed by atoms with Gasteiger partial charge in [0.15, 0.2) is 0 Å². The van der Waals surface area contributed by atoms with Crippen LogP contribution in [0.5, 0.6) is 0 Å². The number of hydrogen-bond donors (Lipinski definition) is 1. The Bertz CT molecular complexity index is 863. The van der Waals surface area contributed by atoms with Gasteiger partial charge >= 0.3 is 0 Å². The molecule has 1 N–H and O–H groups in total. The van der Waals surface area contributed by atoms with Crippen LogP contribution in [0.4, 0.5) is 4.39 Å². The minimum absolute atomic E-state index is 0.0503. The molecule has 0 aliphatic heterocycles. The van der Waals surface area contributed by atoms with Crippen LogP contribution in [-0.2, 0) is 11.2 Å². The molecule has 0 saturated heterocycles. The minimum atomic E-state index is -0.416. The van der Waals surface area contributed by atoms with Crippen LogP contribution in [0.1, 0.15) is 31.3 Å². The van der Waals surface area contributed by atoms with Crippen LogP contribution < -0.4 is 5.32 Å². The summed E-state index contributed by atoms with van der Waals surface area (Å²) in [6.45, 7) is 3.91. The zero-order valence-electron chi connectivity index (χ0n) is 14.5. The molecule has 1 aromatic carbocycles. The molecule has 7 heteroatoms. The second-order valence-electron chi connectivity index (χ2n) is 6.29. The molecule has 2 heterocycles. The third-order valence-corrected chi connectivity index (χ3v) is 3.89. The first kappa shape index (κ1) is 17.7. The molecular weight excluding hydrogens is 335 g/mol. The molecule has 0 fully saturated rings. The molecule has 26 heavy (non-hydrogen) atoms. The molecule has 0 saturated carbocycles. The number of carbonyl (C=O) groups excluding carboxylic acids is 1. The van der Waals surface area contributed by atoms with Gasteiger partial charge in [0.2, 0.25) is 17.6 Å². The molecule has 0 bridgehead atoms. The van der Waals surface area contributed by atoms with Crippen LogP contribution in [0.25, 0.3) is 11.4 Å². The highest BCUT2D eigenvalue weighted by molar-refractivity contribution is 5.78. The first-order chi connectivity index (χ1) is 12.5. The summed E-state index contributed by atoms with van der Waals surface area (Å²) in [5, 5.41) is 6.89. The molecule has 0 radical (unpaired) electrons. The lowest BCUT2D eigenvalue weighted by Gasteiger charge is -2.18. The van der Waals surface area contributed by atoms with E-state index in [9.17, 15) is 9.18 Å². The average molecular weight is 354 g/mol. The Kier molecular flexibility index (Phi) is 5.36. The van der Waals surface area contributed by atoms with Crippen molar-refractivity contribution in [2.75, 3.05) is 0 Å². The Balaban J connectivity index is 1.72.